The number of carbonyl (C=O) groups is 1. The summed E-state index contributed by atoms with van der Waals surface area (Å²) in [6, 6.07) is 5.08. The number of nitrogens with zero attached hydrogens (tertiary/aromatic N) is 4. The van der Waals surface area contributed by atoms with Gasteiger partial charge < -0.3 is 14.2 Å². The average Bonchev–Trinajstić information content (AvgIpc) is 2.56. The summed E-state index contributed by atoms with van der Waals surface area (Å²) < 4.78 is 7.37. The molecule has 1 amide bonds. The van der Waals surface area contributed by atoms with Crippen LogP contribution < -0.4 is 10.3 Å². The van der Waals surface area contributed by atoms with Crippen molar-refractivity contribution in [2.24, 2.45) is 7.05 Å². The van der Waals surface area contributed by atoms with Crippen LogP contribution in [0.2, 0.25) is 0 Å². The van der Waals surface area contributed by atoms with Crippen molar-refractivity contribution >= 4 is 5.91 Å². The van der Waals surface area contributed by atoms with Gasteiger partial charge in [0.15, 0.2) is 0 Å². The molecule has 1 unspecified atom stereocenters. The van der Waals surface area contributed by atoms with Crippen molar-refractivity contribution in [3.05, 3.63) is 51.8 Å². The quantitative estimate of drug-likeness (QED) is 0.844. The summed E-state index contributed by atoms with van der Waals surface area (Å²) in [7, 11) is 1.64. The Hall–Kier alpha value is -2.70. The Balaban J connectivity index is 1.73. The van der Waals surface area contributed by atoms with Crippen molar-refractivity contribution in [3.63, 3.8) is 0 Å². The normalized spacial score (nSPS) is 17.4. The van der Waals surface area contributed by atoms with E-state index in [9.17, 15) is 9.59 Å². The number of pyridine rings is 1. The van der Waals surface area contributed by atoms with Crippen LogP contribution in [0.25, 0.3) is 0 Å². The minimum Gasteiger partial charge on any atom is -0.472 e. The molecule has 1 atom stereocenters. The molecule has 1 saturated heterocycles. The first kappa shape index (κ1) is 17.1. The van der Waals surface area contributed by atoms with Crippen LogP contribution in [0.1, 0.15) is 34.7 Å². The highest BCUT2D eigenvalue weighted by Gasteiger charge is 2.27. The molecule has 132 valence electrons. The van der Waals surface area contributed by atoms with E-state index in [1.807, 2.05) is 13.8 Å². The van der Waals surface area contributed by atoms with Gasteiger partial charge in [-0.05, 0) is 38.8 Å². The van der Waals surface area contributed by atoms with E-state index in [4.69, 9.17) is 4.74 Å². The number of hydrogen-bond acceptors (Lipinski definition) is 5. The van der Waals surface area contributed by atoms with E-state index in [1.54, 1.807) is 36.3 Å². The van der Waals surface area contributed by atoms with Crippen LogP contribution in [0.3, 0.4) is 0 Å². The van der Waals surface area contributed by atoms with E-state index in [2.05, 4.69) is 9.97 Å². The van der Waals surface area contributed by atoms with Crippen molar-refractivity contribution in [1.29, 1.82) is 0 Å². The first-order chi connectivity index (χ1) is 11.9. The molecule has 0 saturated carbocycles. The van der Waals surface area contributed by atoms with E-state index in [-0.39, 0.29) is 23.1 Å². The maximum Gasteiger partial charge on any atom is 0.263 e. The summed E-state index contributed by atoms with van der Waals surface area (Å²) in [4.78, 5) is 35.1. The molecule has 0 aliphatic carbocycles. The van der Waals surface area contributed by atoms with Crippen LogP contribution >= 0.6 is 0 Å². The van der Waals surface area contributed by atoms with E-state index in [0.29, 0.717) is 24.8 Å². The highest BCUT2D eigenvalue weighted by molar-refractivity contribution is 5.93. The fourth-order valence-electron chi connectivity index (χ4n) is 3.06. The van der Waals surface area contributed by atoms with Crippen LogP contribution in [-0.4, -0.2) is 44.5 Å². The molecular formula is C18H22N4O3. The van der Waals surface area contributed by atoms with Crippen LogP contribution in [0.4, 0.5) is 0 Å². The van der Waals surface area contributed by atoms with E-state index in [0.717, 1.165) is 18.5 Å². The lowest BCUT2D eigenvalue weighted by Crippen LogP contribution is -2.46. The molecule has 0 spiro atoms. The second-order valence-corrected chi connectivity index (χ2v) is 6.37. The van der Waals surface area contributed by atoms with Gasteiger partial charge in [-0.15, -0.1) is 0 Å². The number of rotatable bonds is 3. The van der Waals surface area contributed by atoms with E-state index < -0.39 is 0 Å². The summed E-state index contributed by atoms with van der Waals surface area (Å²) in [5, 5.41) is 0. The summed E-state index contributed by atoms with van der Waals surface area (Å²) >= 11 is 0. The van der Waals surface area contributed by atoms with E-state index >= 15 is 0 Å². The lowest BCUT2D eigenvalue weighted by molar-refractivity contribution is 0.0524. The van der Waals surface area contributed by atoms with Gasteiger partial charge >= 0.3 is 0 Å². The molecule has 2 aromatic heterocycles. The molecule has 0 aromatic carbocycles. The molecule has 0 radical (unpaired) electrons. The predicted octanol–water partition coefficient (Wildman–Crippen LogP) is 1.48. The smallest absolute Gasteiger partial charge is 0.263 e. The minimum absolute atomic E-state index is 0.140. The number of aromatic nitrogens is 3. The van der Waals surface area contributed by atoms with Crippen LogP contribution in [0, 0.1) is 13.8 Å². The number of carbonyl (C=O) groups excluding carboxylic acids is 1. The highest BCUT2D eigenvalue weighted by atomic mass is 16.5. The number of aryl methyl sites for hydroxylation is 3. The van der Waals surface area contributed by atoms with Gasteiger partial charge in [-0.1, -0.05) is 0 Å². The minimum atomic E-state index is -0.280. The number of likely N-dealkylation sites (tertiary alicyclic amines) is 1. The third kappa shape index (κ3) is 3.87. The van der Waals surface area contributed by atoms with Crippen LogP contribution in [0.15, 0.2) is 29.2 Å². The third-order valence-electron chi connectivity index (χ3n) is 4.25. The molecule has 0 N–H and O–H groups in total. The lowest BCUT2D eigenvalue weighted by Gasteiger charge is -2.32. The first-order valence-corrected chi connectivity index (χ1v) is 8.38. The Morgan fingerprint density at radius 2 is 2.12 bits per heavy atom. The fourth-order valence-corrected chi connectivity index (χ4v) is 3.06. The second kappa shape index (κ2) is 7.04. The Labute approximate surface area is 146 Å². The Bertz CT molecular complexity index is 826. The van der Waals surface area contributed by atoms with Crippen molar-refractivity contribution in [2.75, 3.05) is 13.1 Å². The highest BCUT2D eigenvalue weighted by Crippen LogP contribution is 2.18. The number of ether oxygens (including phenoxy) is 1. The molecule has 0 bridgehead atoms. The molecular weight excluding hydrogens is 320 g/mol. The zero-order chi connectivity index (χ0) is 18.0. The zero-order valence-corrected chi connectivity index (χ0v) is 14.7. The monoisotopic (exact) mass is 342 g/mol. The maximum absolute atomic E-state index is 12.7. The Morgan fingerprint density at radius 1 is 1.32 bits per heavy atom. The van der Waals surface area contributed by atoms with E-state index in [1.165, 1.54) is 4.57 Å². The zero-order valence-electron chi connectivity index (χ0n) is 14.7. The number of amides is 1. The van der Waals surface area contributed by atoms with Crippen molar-refractivity contribution < 1.29 is 9.53 Å². The summed E-state index contributed by atoms with van der Waals surface area (Å²) in [5.74, 6) is 0.941. The summed E-state index contributed by atoms with van der Waals surface area (Å²) in [5.41, 5.74) is 0.760. The molecule has 25 heavy (non-hydrogen) atoms. The van der Waals surface area contributed by atoms with Gasteiger partial charge in [-0.2, -0.15) is 4.98 Å². The fraction of sp³-hybridized carbons (Fsp3) is 0.444. The molecule has 1 aliphatic rings. The largest absolute Gasteiger partial charge is 0.472 e. The van der Waals surface area contributed by atoms with Gasteiger partial charge in [-0.25, -0.2) is 4.98 Å². The molecule has 2 aromatic rings. The SMILES string of the molecule is Cc1cc(OC2CCCN(C(=O)c3cccn(C)c3=O)C2)nc(C)n1. The van der Waals surface area contributed by atoms with Gasteiger partial charge in [0, 0.05) is 31.5 Å². The van der Waals surface area contributed by atoms with Crippen LogP contribution in [0.5, 0.6) is 5.88 Å². The molecule has 3 heterocycles. The average molecular weight is 342 g/mol. The number of piperidine rings is 1. The van der Waals surface area contributed by atoms with Crippen molar-refractivity contribution in [1.82, 2.24) is 19.4 Å². The number of hydrogen-bond donors (Lipinski definition) is 0. The third-order valence-corrected chi connectivity index (χ3v) is 4.25. The van der Waals surface area contributed by atoms with Gasteiger partial charge in [0.2, 0.25) is 5.88 Å². The lowest BCUT2D eigenvalue weighted by atomic mass is 10.1. The molecule has 3 rings (SSSR count). The Morgan fingerprint density at radius 3 is 2.88 bits per heavy atom. The van der Waals surface area contributed by atoms with Gasteiger partial charge in [0.1, 0.15) is 17.5 Å². The van der Waals surface area contributed by atoms with Crippen molar-refractivity contribution in [2.45, 2.75) is 32.8 Å². The molecule has 7 nitrogen and oxygen atoms in total. The van der Waals surface area contributed by atoms with Crippen LogP contribution in [-0.2, 0) is 7.05 Å². The van der Waals surface area contributed by atoms with Gasteiger partial charge in [0.05, 0.1) is 6.54 Å². The van der Waals surface area contributed by atoms with Gasteiger partial charge in [0.25, 0.3) is 11.5 Å². The first-order valence-electron chi connectivity index (χ1n) is 8.38. The summed E-state index contributed by atoms with van der Waals surface area (Å²) in [6.07, 6.45) is 3.17. The summed E-state index contributed by atoms with van der Waals surface area (Å²) in [6.45, 7) is 4.78. The maximum atomic E-state index is 12.7. The van der Waals surface area contributed by atoms with Crippen molar-refractivity contribution in [3.8, 4) is 5.88 Å². The predicted molar refractivity (Wildman–Crippen MR) is 92.7 cm³/mol. The molecule has 7 heteroatoms. The molecule has 1 fully saturated rings. The topological polar surface area (TPSA) is 77.3 Å². The molecule has 1 aliphatic heterocycles. The Kier molecular flexibility index (Phi) is 4.83. The second-order valence-electron chi connectivity index (χ2n) is 6.37. The standard InChI is InChI=1S/C18H22N4O3/c1-12-10-16(20-13(2)19-12)25-14-6-4-9-22(11-14)18(24)15-7-5-8-21(3)17(15)23/h5,7-8,10,14H,4,6,9,11H2,1-3H3. The van der Waals surface area contributed by atoms with Gasteiger partial charge in [-0.3, -0.25) is 9.59 Å².